The molecule has 0 bridgehead atoms. The predicted molar refractivity (Wildman–Crippen MR) is 151 cm³/mol. The van der Waals surface area contributed by atoms with Gasteiger partial charge in [0.25, 0.3) is 0 Å². The van der Waals surface area contributed by atoms with Crippen LogP contribution in [0.4, 0.5) is 11.8 Å². The van der Waals surface area contributed by atoms with E-state index in [9.17, 15) is 0 Å². The van der Waals surface area contributed by atoms with Crippen molar-refractivity contribution in [3.63, 3.8) is 0 Å². The quantitative estimate of drug-likeness (QED) is 0.320. The summed E-state index contributed by atoms with van der Waals surface area (Å²) in [6, 6.07) is 25.5. The summed E-state index contributed by atoms with van der Waals surface area (Å²) in [6.07, 6.45) is 4.70. The fraction of sp³-hybridized carbons (Fsp3) is 0.355. The summed E-state index contributed by atoms with van der Waals surface area (Å²) >= 11 is 0. The molecule has 2 heterocycles. The molecule has 2 N–H and O–H groups in total. The molecular weight excluding hydrogens is 458 g/mol. The number of rotatable bonds is 7. The van der Waals surface area contributed by atoms with Crippen molar-refractivity contribution in [2.75, 3.05) is 37.4 Å². The minimum Gasteiger partial charge on any atom is -0.457 e. The number of para-hydroxylation sites is 3. The van der Waals surface area contributed by atoms with Gasteiger partial charge < -0.3 is 20.3 Å². The average Bonchev–Trinajstić information content (AvgIpc) is 2.93. The predicted octanol–water partition coefficient (Wildman–Crippen LogP) is 6.19. The van der Waals surface area contributed by atoms with E-state index in [0.717, 1.165) is 60.1 Å². The van der Waals surface area contributed by atoms with Gasteiger partial charge >= 0.3 is 0 Å². The lowest BCUT2D eigenvalue weighted by Crippen LogP contribution is -2.33. The van der Waals surface area contributed by atoms with Crippen LogP contribution in [0.15, 0.2) is 72.8 Å². The molecule has 0 atom stereocenters. The molecule has 1 saturated carbocycles. The summed E-state index contributed by atoms with van der Waals surface area (Å²) in [5.41, 5.74) is 3.53. The number of nitrogens with zero attached hydrogens (tertiary/aromatic N) is 3. The first kappa shape index (κ1) is 23.7. The zero-order valence-corrected chi connectivity index (χ0v) is 21.7. The maximum absolute atomic E-state index is 6.16. The number of aromatic nitrogens is 2. The average molecular weight is 494 g/mol. The van der Waals surface area contributed by atoms with Crippen LogP contribution in [0.1, 0.15) is 42.7 Å². The van der Waals surface area contributed by atoms with Crippen LogP contribution in [0, 0.1) is 5.92 Å². The number of nitrogens with one attached hydrogen (secondary N) is 2. The van der Waals surface area contributed by atoms with Gasteiger partial charge in [0.2, 0.25) is 5.95 Å². The van der Waals surface area contributed by atoms with Gasteiger partial charge in [0.15, 0.2) is 0 Å². The van der Waals surface area contributed by atoms with Crippen LogP contribution in [0.5, 0.6) is 11.5 Å². The van der Waals surface area contributed by atoms with Crippen LogP contribution in [-0.4, -0.2) is 43.2 Å². The molecule has 1 aliphatic carbocycles. The highest BCUT2D eigenvalue weighted by atomic mass is 16.5. The van der Waals surface area contributed by atoms with Gasteiger partial charge in [0.1, 0.15) is 17.3 Å². The van der Waals surface area contributed by atoms with E-state index in [2.05, 4.69) is 64.1 Å². The zero-order valence-electron chi connectivity index (χ0n) is 21.7. The lowest BCUT2D eigenvalue weighted by atomic mass is 9.85. The molecule has 0 radical (unpaired) electrons. The lowest BCUT2D eigenvalue weighted by Gasteiger charge is -2.31. The van der Waals surface area contributed by atoms with Gasteiger partial charge in [0.05, 0.1) is 5.52 Å². The first-order valence-electron chi connectivity index (χ1n) is 13.4. The summed E-state index contributed by atoms with van der Waals surface area (Å²) in [5.74, 6) is 4.66. The third-order valence-electron chi connectivity index (χ3n) is 7.78. The molecule has 190 valence electrons. The zero-order chi connectivity index (χ0) is 25.2. The Hall–Kier alpha value is -3.64. The van der Waals surface area contributed by atoms with Gasteiger partial charge in [-0.1, -0.05) is 48.5 Å². The second kappa shape index (κ2) is 10.4. The molecule has 0 unspecified atom stereocenters. The SMILES string of the molecule is CN(C)c1nc(N[C@H]2CC[C@@H](CNCC3c4ccccc4Oc4ccccc43)CC2)nc2ccccc12. The summed E-state index contributed by atoms with van der Waals surface area (Å²) in [4.78, 5) is 11.7. The Bertz CT molecular complexity index is 1330. The van der Waals surface area contributed by atoms with E-state index in [1.54, 1.807) is 0 Å². The molecule has 0 saturated heterocycles. The van der Waals surface area contributed by atoms with E-state index in [0.29, 0.717) is 17.9 Å². The Labute approximate surface area is 219 Å². The van der Waals surface area contributed by atoms with Crippen molar-refractivity contribution in [3.8, 4) is 11.5 Å². The summed E-state index contributed by atoms with van der Waals surface area (Å²) < 4.78 is 6.16. The summed E-state index contributed by atoms with van der Waals surface area (Å²) in [7, 11) is 4.07. The number of ether oxygens (including phenoxy) is 1. The van der Waals surface area contributed by atoms with Crippen LogP contribution >= 0.6 is 0 Å². The normalized spacial score (nSPS) is 19.1. The highest BCUT2D eigenvalue weighted by Gasteiger charge is 2.27. The Morgan fingerprint density at radius 1 is 0.784 bits per heavy atom. The molecule has 0 amide bonds. The minimum absolute atomic E-state index is 0.315. The number of fused-ring (bicyclic) bond motifs is 3. The number of benzene rings is 3. The smallest absolute Gasteiger partial charge is 0.225 e. The largest absolute Gasteiger partial charge is 0.457 e. The molecule has 2 aliphatic rings. The van der Waals surface area contributed by atoms with Crippen LogP contribution in [0.3, 0.4) is 0 Å². The standard InChI is InChI=1S/C31H35N5O/c1-36(2)30-25-11-3-6-12-27(25)34-31(35-30)33-22-17-15-21(16-18-22)19-32-20-26-23-9-4-7-13-28(23)37-29-14-8-5-10-24(26)29/h3-14,21-22,26,32H,15-20H2,1-2H3,(H,33,34,35)/t21-,22+. The highest BCUT2D eigenvalue weighted by molar-refractivity contribution is 5.90. The maximum Gasteiger partial charge on any atom is 0.225 e. The Morgan fingerprint density at radius 3 is 2.14 bits per heavy atom. The first-order chi connectivity index (χ1) is 18.2. The van der Waals surface area contributed by atoms with Crippen LogP contribution < -0.4 is 20.3 Å². The topological polar surface area (TPSA) is 62.3 Å². The lowest BCUT2D eigenvalue weighted by molar-refractivity contribution is 0.322. The van der Waals surface area contributed by atoms with Crippen molar-refractivity contribution in [2.24, 2.45) is 5.92 Å². The third kappa shape index (κ3) is 4.98. The fourth-order valence-corrected chi connectivity index (χ4v) is 5.82. The van der Waals surface area contributed by atoms with Crippen molar-refractivity contribution < 1.29 is 4.74 Å². The highest BCUT2D eigenvalue weighted by Crippen LogP contribution is 2.43. The molecule has 6 rings (SSSR count). The van der Waals surface area contributed by atoms with Crippen LogP contribution in [0.25, 0.3) is 10.9 Å². The van der Waals surface area contributed by atoms with E-state index in [4.69, 9.17) is 14.7 Å². The van der Waals surface area contributed by atoms with Gasteiger partial charge in [-0.25, -0.2) is 4.98 Å². The molecule has 6 nitrogen and oxygen atoms in total. The Balaban J connectivity index is 1.05. The van der Waals surface area contributed by atoms with E-state index in [-0.39, 0.29) is 0 Å². The van der Waals surface area contributed by atoms with Crippen molar-refractivity contribution in [2.45, 2.75) is 37.6 Å². The second-order valence-electron chi connectivity index (χ2n) is 10.5. The third-order valence-corrected chi connectivity index (χ3v) is 7.78. The van der Waals surface area contributed by atoms with Crippen LogP contribution in [0.2, 0.25) is 0 Å². The van der Waals surface area contributed by atoms with E-state index >= 15 is 0 Å². The monoisotopic (exact) mass is 493 g/mol. The van der Waals surface area contributed by atoms with Gasteiger partial charge in [-0.15, -0.1) is 0 Å². The molecule has 1 aromatic heterocycles. The van der Waals surface area contributed by atoms with Crippen molar-refractivity contribution in [1.82, 2.24) is 15.3 Å². The summed E-state index contributed by atoms with van der Waals surface area (Å²) in [5, 5.41) is 8.53. The van der Waals surface area contributed by atoms with Crippen molar-refractivity contribution >= 4 is 22.7 Å². The minimum atomic E-state index is 0.315. The van der Waals surface area contributed by atoms with Gasteiger partial charge in [-0.05, 0) is 62.4 Å². The molecule has 0 spiro atoms. The van der Waals surface area contributed by atoms with Gasteiger partial charge in [-0.2, -0.15) is 4.98 Å². The van der Waals surface area contributed by atoms with Gasteiger partial charge in [0, 0.05) is 49.1 Å². The fourth-order valence-electron chi connectivity index (χ4n) is 5.82. The molecule has 6 heteroatoms. The molecule has 1 aliphatic heterocycles. The number of anilines is 2. The van der Waals surface area contributed by atoms with E-state index in [1.165, 1.54) is 24.0 Å². The van der Waals surface area contributed by atoms with Crippen molar-refractivity contribution in [1.29, 1.82) is 0 Å². The van der Waals surface area contributed by atoms with E-state index in [1.807, 2.05) is 38.4 Å². The first-order valence-corrected chi connectivity index (χ1v) is 13.4. The molecule has 3 aromatic carbocycles. The second-order valence-corrected chi connectivity index (χ2v) is 10.5. The summed E-state index contributed by atoms with van der Waals surface area (Å²) in [6.45, 7) is 1.97. The van der Waals surface area contributed by atoms with Gasteiger partial charge in [-0.3, -0.25) is 0 Å². The Kier molecular flexibility index (Phi) is 6.66. The van der Waals surface area contributed by atoms with E-state index < -0.39 is 0 Å². The molecule has 4 aromatic rings. The number of hydrogen-bond acceptors (Lipinski definition) is 6. The molecular formula is C31H35N5O. The maximum atomic E-state index is 6.16. The number of hydrogen-bond donors (Lipinski definition) is 2. The Morgan fingerprint density at radius 2 is 1.43 bits per heavy atom. The molecule has 1 fully saturated rings. The van der Waals surface area contributed by atoms with Crippen LogP contribution in [-0.2, 0) is 0 Å². The van der Waals surface area contributed by atoms with Crippen molar-refractivity contribution in [3.05, 3.63) is 83.9 Å². The molecule has 37 heavy (non-hydrogen) atoms.